The molecule has 2 fully saturated rings. The standard InChI is InChI=1S/C27H32BrFN4O4S/c1-2-25(34)33-11-9-19-16-21(28)17-24(26(19)33)38(36,37)32-10-3-4-20(18-32)27(35)31-14-12-30(13-15-31)23-7-5-22(29)6-8-23/h5-8,16-17,20H,2-4,9-15,18H2,1H3/t20-/m1/s1. The average molecular weight is 608 g/mol. The van der Waals surface area contributed by atoms with Crippen molar-refractivity contribution in [3.05, 3.63) is 52.3 Å². The lowest BCUT2D eigenvalue weighted by atomic mass is 9.97. The Labute approximate surface area is 231 Å². The van der Waals surface area contributed by atoms with Crippen LogP contribution in [0.15, 0.2) is 45.8 Å². The van der Waals surface area contributed by atoms with E-state index >= 15 is 0 Å². The van der Waals surface area contributed by atoms with Gasteiger partial charge in [-0.15, -0.1) is 0 Å². The Hall–Kier alpha value is -2.50. The summed E-state index contributed by atoms with van der Waals surface area (Å²) in [5.41, 5.74) is 2.24. The third-order valence-corrected chi connectivity index (χ3v) is 10.1. The highest BCUT2D eigenvalue weighted by Crippen LogP contribution is 2.40. The van der Waals surface area contributed by atoms with Crippen molar-refractivity contribution in [2.45, 2.75) is 37.5 Å². The number of hydrogen-bond donors (Lipinski definition) is 0. The number of fused-ring (bicyclic) bond motifs is 1. The minimum atomic E-state index is -3.93. The zero-order chi connectivity index (χ0) is 27.0. The Kier molecular flexibility index (Phi) is 7.79. The Bertz CT molecular complexity index is 1330. The molecule has 204 valence electrons. The van der Waals surface area contributed by atoms with Crippen molar-refractivity contribution >= 4 is 49.1 Å². The lowest BCUT2D eigenvalue weighted by molar-refractivity contribution is -0.137. The second-order valence-corrected chi connectivity index (χ2v) is 12.9. The molecule has 0 bridgehead atoms. The van der Waals surface area contributed by atoms with Crippen molar-refractivity contribution in [2.75, 3.05) is 55.6 Å². The van der Waals surface area contributed by atoms with Gasteiger partial charge in [0.15, 0.2) is 0 Å². The molecule has 3 heterocycles. The number of halogens is 2. The molecular weight excluding hydrogens is 575 g/mol. The lowest BCUT2D eigenvalue weighted by Gasteiger charge is -2.39. The number of carbonyl (C=O) groups is 2. The molecule has 3 aliphatic rings. The van der Waals surface area contributed by atoms with E-state index in [4.69, 9.17) is 0 Å². The molecule has 38 heavy (non-hydrogen) atoms. The molecule has 0 saturated carbocycles. The summed E-state index contributed by atoms with van der Waals surface area (Å²) >= 11 is 3.45. The van der Waals surface area contributed by atoms with E-state index in [-0.39, 0.29) is 29.1 Å². The second-order valence-electron chi connectivity index (χ2n) is 10.1. The third-order valence-electron chi connectivity index (χ3n) is 7.73. The van der Waals surface area contributed by atoms with Gasteiger partial charge in [-0.1, -0.05) is 22.9 Å². The van der Waals surface area contributed by atoms with Crippen LogP contribution in [0.25, 0.3) is 0 Å². The molecule has 1 atom stereocenters. The van der Waals surface area contributed by atoms with E-state index in [0.717, 1.165) is 11.3 Å². The van der Waals surface area contributed by atoms with Crippen LogP contribution in [-0.4, -0.2) is 75.3 Å². The molecule has 3 aliphatic heterocycles. The minimum Gasteiger partial charge on any atom is -0.368 e. The molecule has 0 unspecified atom stereocenters. The highest BCUT2D eigenvalue weighted by Gasteiger charge is 2.39. The summed E-state index contributed by atoms with van der Waals surface area (Å²) in [5, 5.41) is 0. The van der Waals surface area contributed by atoms with E-state index in [1.54, 1.807) is 30.0 Å². The zero-order valence-electron chi connectivity index (χ0n) is 21.4. The number of carbonyl (C=O) groups excluding carboxylic acids is 2. The van der Waals surface area contributed by atoms with E-state index in [1.165, 1.54) is 16.4 Å². The first-order valence-electron chi connectivity index (χ1n) is 13.1. The SMILES string of the molecule is CCC(=O)N1CCc2cc(Br)cc(S(=O)(=O)N3CCC[C@@H](C(=O)N4CCN(c5ccc(F)cc5)CC4)C3)c21. The van der Waals surface area contributed by atoms with E-state index in [1.807, 2.05) is 11.0 Å². The van der Waals surface area contributed by atoms with Gasteiger partial charge in [0.2, 0.25) is 21.8 Å². The van der Waals surface area contributed by atoms with Gasteiger partial charge in [0, 0.05) is 62.4 Å². The molecule has 0 aromatic heterocycles. The van der Waals surface area contributed by atoms with Crippen LogP contribution in [0.5, 0.6) is 0 Å². The fourth-order valence-corrected chi connectivity index (χ4v) is 8.14. The third kappa shape index (κ3) is 5.20. The van der Waals surface area contributed by atoms with Crippen molar-refractivity contribution < 1.29 is 22.4 Å². The largest absolute Gasteiger partial charge is 0.368 e. The van der Waals surface area contributed by atoms with Gasteiger partial charge in [0.1, 0.15) is 10.7 Å². The summed E-state index contributed by atoms with van der Waals surface area (Å²) in [4.78, 5) is 31.7. The van der Waals surface area contributed by atoms with Crippen molar-refractivity contribution in [1.29, 1.82) is 0 Å². The van der Waals surface area contributed by atoms with Crippen LogP contribution in [0.1, 0.15) is 31.7 Å². The summed E-state index contributed by atoms with van der Waals surface area (Å²) in [6, 6.07) is 9.81. The van der Waals surface area contributed by atoms with Crippen LogP contribution in [0.3, 0.4) is 0 Å². The van der Waals surface area contributed by atoms with E-state index in [0.29, 0.717) is 75.1 Å². The maximum absolute atomic E-state index is 13.9. The van der Waals surface area contributed by atoms with E-state index in [9.17, 15) is 22.4 Å². The monoisotopic (exact) mass is 606 g/mol. The Morgan fingerprint density at radius 3 is 2.42 bits per heavy atom. The van der Waals surface area contributed by atoms with Gasteiger partial charge >= 0.3 is 0 Å². The molecular formula is C27H32BrFN4O4S. The van der Waals surface area contributed by atoms with Crippen LogP contribution in [0, 0.1) is 11.7 Å². The maximum atomic E-state index is 13.9. The predicted molar refractivity (Wildman–Crippen MR) is 147 cm³/mol. The highest BCUT2D eigenvalue weighted by molar-refractivity contribution is 9.10. The van der Waals surface area contributed by atoms with Gasteiger partial charge in [-0.2, -0.15) is 4.31 Å². The zero-order valence-corrected chi connectivity index (χ0v) is 23.8. The number of hydrogen-bond acceptors (Lipinski definition) is 5. The van der Waals surface area contributed by atoms with E-state index in [2.05, 4.69) is 20.8 Å². The predicted octanol–water partition coefficient (Wildman–Crippen LogP) is 3.64. The smallest absolute Gasteiger partial charge is 0.245 e. The maximum Gasteiger partial charge on any atom is 0.245 e. The first kappa shape index (κ1) is 27.1. The number of nitrogens with zero attached hydrogens (tertiary/aromatic N) is 4. The summed E-state index contributed by atoms with van der Waals surface area (Å²) in [7, 11) is -3.93. The molecule has 0 N–H and O–H groups in total. The number of anilines is 2. The normalized spacial score (nSPS) is 20.5. The van der Waals surface area contributed by atoms with E-state index < -0.39 is 15.9 Å². The molecule has 0 spiro atoms. The molecule has 11 heteroatoms. The van der Waals surface area contributed by atoms with Crippen molar-refractivity contribution in [1.82, 2.24) is 9.21 Å². The van der Waals surface area contributed by atoms with Crippen LogP contribution in [-0.2, 0) is 26.0 Å². The number of benzene rings is 2. The van der Waals surface area contributed by atoms with Gasteiger partial charge in [-0.3, -0.25) is 9.59 Å². The first-order valence-corrected chi connectivity index (χ1v) is 15.3. The Morgan fingerprint density at radius 2 is 1.74 bits per heavy atom. The molecule has 8 nitrogen and oxygen atoms in total. The van der Waals surface area contributed by atoms with Gasteiger partial charge in [0.05, 0.1) is 11.6 Å². The quantitative estimate of drug-likeness (QED) is 0.519. The Balaban J connectivity index is 1.30. The molecule has 2 aromatic carbocycles. The summed E-state index contributed by atoms with van der Waals surface area (Å²) in [6.07, 6.45) is 2.14. The second kappa shape index (κ2) is 10.9. The molecule has 5 rings (SSSR count). The van der Waals surface area contributed by atoms with Crippen LogP contribution in [0.2, 0.25) is 0 Å². The molecule has 0 aliphatic carbocycles. The van der Waals surface area contributed by atoms with Gasteiger partial charge < -0.3 is 14.7 Å². The van der Waals surface area contributed by atoms with Crippen molar-refractivity contribution in [2.24, 2.45) is 5.92 Å². The van der Waals surface area contributed by atoms with Gasteiger partial charge in [0.25, 0.3) is 0 Å². The summed E-state index contributed by atoms with van der Waals surface area (Å²) in [6.45, 7) is 5.05. The van der Waals surface area contributed by atoms with Crippen LogP contribution < -0.4 is 9.80 Å². The van der Waals surface area contributed by atoms with Gasteiger partial charge in [-0.05, 0) is 61.2 Å². The number of piperazine rings is 1. The average Bonchev–Trinajstić information content (AvgIpc) is 3.36. The topological polar surface area (TPSA) is 81.2 Å². The van der Waals surface area contributed by atoms with Crippen LogP contribution >= 0.6 is 15.9 Å². The number of sulfonamides is 1. The number of piperidine rings is 1. The summed E-state index contributed by atoms with van der Waals surface area (Å²) in [5.74, 6) is -0.818. The molecule has 0 radical (unpaired) electrons. The Morgan fingerprint density at radius 1 is 1.03 bits per heavy atom. The first-order chi connectivity index (χ1) is 18.2. The fraction of sp³-hybridized carbons (Fsp3) is 0.481. The fourth-order valence-electron chi connectivity index (χ4n) is 5.70. The minimum absolute atomic E-state index is 0.0223. The lowest BCUT2D eigenvalue weighted by Crippen LogP contribution is -2.53. The van der Waals surface area contributed by atoms with Crippen molar-refractivity contribution in [3.63, 3.8) is 0 Å². The number of rotatable bonds is 5. The molecule has 2 saturated heterocycles. The highest BCUT2D eigenvalue weighted by atomic mass is 79.9. The molecule has 2 aromatic rings. The molecule has 2 amide bonds. The number of amides is 2. The van der Waals surface area contributed by atoms with Crippen molar-refractivity contribution in [3.8, 4) is 0 Å². The van der Waals surface area contributed by atoms with Gasteiger partial charge in [-0.25, -0.2) is 12.8 Å². The van der Waals surface area contributed by atoms with Crippen LogP contribution in [0.4, 0.5) is 15.8 Å². The summed E-state index contributed by atoms with van der Waals surface area (Å²) < 4.78 is 43.2.